The van der Waals surface area contributed by atoms with Crippen molar-refractivity contribution in [2.24, 2.45) is 0 Å². The van der Waals surface area contributed by atoms with Gasteiger partial charge < -0.3 is 10.7 Å². The minimum absolute atomic E-state index is 0.417. The monoisotopic (exact) mass is 311 g/mol. The molecule has 0 amide bonds. The van der Waals surface area contributed by atoms with E-state index in [9.17, 15) is 4.21 Å². The van der Waals surface area contributed by atoms with E-state index in [1.54, 1.807) is 0 Å². The number of imidazole rings is 1. The molecule has 0 saturated carbocycles. The second-order valence-corrected chi connectivity index (χ2v) is 6.06. The molecule has 3 aromatic rings. The van der Waals surface area contributed by atoms with E-state index in [-0.39, 0.29) is 0 Å². The molecule has 0 fully saturated rings. The standard InChI is InChI=1S/C17H17N3OS/c1-9-4-7-13-14(8-9)20-17(19-13)16(22-21)12-6-5-10(2)11(3)15(12)18/h4-8H,18H2,1-3H3,(H,19,20). The van der Waals surface area contributed by atoms with Crippen LogP contribution in [0.25, 0.3) is 11.0 Å². The predicted molar refractivity (Wildman–Crippen MR) is 92.5 cm³/mol. The van der Waals surface area contributed by atoms with E-state index in [0.717, 1.165) is 33.3 Å². The van der Waals surface area contributed by atoms with Crippen LogP contribution >= 0.6 is 0 Å². The number of anilines is 1. The minimum Gasteiger partial charge on any atom is -0.398 e. The molecule has 3 rings (SSSR count). The van der Waals surface area contributed by atoms with Crippen molar-refractivity contribution in [2.45, 2.75) is 20.8 Å². The van der Waals surface area contributed by atoms with Crippen molar-refractivity contribution in [3.63, 3.8) is 0 Å². The molecule has 112 valence electrons. The third-order valence-electron chi connectivity index (χ3n) is 3.97. The molecule has 22 heavy (non-hydrogen) atoms. The van der Waals surface area contributed by atoms with Gasteiger partial charge >= 0.3 is 0 Å². The molecular formula is C17H17N3OS. The maximum Gasteiger partial charge on any atom is 0.152 e. The van der Waals surface area contributed by atoms with E-state index in [0.29, 0.717) is 27.6 Å². The van der Waals surface area contributed by atoms with Gasteiger partial charge in [-0.05, 0) is 49.6 Å². The number of nitrogen functional groups attached to an aromatic ring is 1. The van der Waals surface area contributed by atoms with Gasteiger partial charge in [-0.1, -0.05) is 18.2 Å². The number of benzene rings is 2. The van der Waals surface area contributed by atoms with Crippen LogP contribution in [0.2, 0.25) is 0 Å². The highest BCUT2D eigenvalue weighted by Crippen LogP contribution is 2.23. The molecule has 3 N–H and O–H groups in total. The molecule has 0 aliphatic rings. The zero-order valence-corrected chi connectivity index (χ0v) is 13.5. The number of aromatic amines is 1. The lowest BCUT2D eigenvalue weighted by Gasteiger charge is -2.10. The lowest BCUT2D eigenvalue weighted by atomic mass is 10.0. The van der Waals surface area contributed by atoms with Gasteiger partial charge in [0.25, 0.3) is 0 Å². The van der Waals surface area contributed by atoms with Crippen LogP contribution in [0.15, 0.2) is 30.3 Å². The van der Waals surface area contributed by atoms with Crippen LogP contribution in [0.3, 0.4) is 0 Å². The second-order valence-electron chi connectivity index (χ2n) is 5.49. The van der Waals surface area contributed by atoms with Crippen molar-refractivity contribution in [3.05, 3.63) is 58.4 Å². The van der Waals surface area contributed by atoms with E-state index in [4.69, 9.17) is 5.73 Å². The summed E-state index contributed by atoms with van der Waals surface area (Å²) < 4.78 is 11.7. The van der Waals surface area contributed by atoms with Gasteiger partial charge in [0.05, 0.1) is 11.0 Å². The molecular weight excluding hydrogens is 294 g/mol. The number of hydrogen-bond donors (Lipinski definition) is 2. The van der Waals surface area contributed by atoms with E-state index >= 15 is 0 Å². The first-order chi connectivity index (χ1) is 10.5. The SMILES string of the molecule is Cc1ccc2[nH]c(C(=S=O)c3ccc(C)c(C)c3N)nc2c1. The number of aromatic nitrogens is 2. The third kappa shape index (κ3) is 2.33. The molecule has 5 heteroatoms. The molecule has 2 aromatic carbocycles. The van der Waals surface area contributed by atoms with Crippen molar-refractivity contribution in [1.29, 1.82) is 0 Å². The smallest absolute Gasteiger partial charge is 0.152 e. The molecule has 0 atom stereocenters. The summed E-state index contributed by atoms with van der Waals surface area (Å²) in [5.74, 6) is 0.565. The maximum absolute atomic E-state index is 11.7. The van der Waals surface area contributed by atoms with Gasteiger partial charge in [-0.2, -0.15) is 0 Å². The quantitative estimate of drug-likeness (QED) is 0.434. The lowest BCUT2D eigenvalue weighted by Crippen LogP contribution is -2.10. The molecule has 0 unspecified atom stereocenters. The fraction of sp³-hybridized carbons (Fsp3) is 0.176. The lowest BCUT2D eigenvalue weighted by molar-refractivity contribution is 0.701. The highest BCUT2D eigenvalue weighted by Gasteiger charge is 2.16. The number of rotatable bonds is 2. The number of fused-ring (bicyclic) bond motifs is 1. The number of nitrogens with one attached hydrogen (secondary N) is 1. The number of H-pyrrole nitrogens is 1. The Kier molecular flexibility index (Phi) is 3.58. The first-order valence-corrected chi connectivity index (χ1v) is 7.75. The van der Waals surface area contributed by atoms with Gasteiger partial charge in [0.1, 0.15) is 16.1 Å². The van der Waals surface area contributed by atoms with Gasteiger partial charge in [0.2, 0.25) is 0 Å². The largest absolute Gasteiger partial charge is 0.398 e. The Labute approximate surface area is 132 Å². The van der Waals surface area contributed by atoms with E-state index in [2.05, 4.69) is 9.97 Å². The van der Waals surface area contributed by atoms with Crippen LogP contribution in [-0.2, 0) is 11.3 Å². The molecule has 0 aliphatic heterocycles. The molecule has 0 spiro atoms. The zero-order valence-electron chi connectivity index (χ0n) is 12.7. The number of hydrogen-bond acceptors (Lipinski definition) is 3. The van der Waals surface area contributed by atoms with Crippen LogP contribution in [0.4, 0.5) is 5.69 Å². The highest BCUT2D eigenvalue weighted by molar-refractivity contribution is 7.67. The van der Waals surface area contributed by atoms with E-state index in [1.165, 1.54) is 0 Å². The number of nitrogens with zero attached hydrogens (tertiary/aromatic N) is 1. The van der Waals surface area contributed by atoms with Gasteiger partial charge in [0, 0.05) is 11.3 Å². The summed E-state index contributed by atoms with van der Waals surface area (Å²) in [6, 6.07) is 9.84. The van der Waals surface area contributed by atoms with Crippen molar-refractivity contribution in [2.75, 3.05) is 5.73 Å². The second kappa shape index (κ2) is 5.42. The van der Waals surface area contributed by atoms with Crippen LogP contribution in [0, 0.1) is 20.8 Å². The van der Waals surface area contributed by atoms with Crippen LogP contribution < -0.4 is 5.73 Å². The number of nitrogens with two attached hydrogens (primary N) is 1. The topological polar surface area (TPSA) is 71.8 Å². The maximum atomic E-state index is 11.7. The minimum atomic E-state index is 0.417. The van der Waals surface area contributed by atoms with Gasteiger partial charge in [0.15, 0.2) is 5.82 Å². The Bertz CT molecular complexity index is 936. The van der Waals surface area contributed by atoms with Crippen molar-refractivity contribution >= 4 is 32.8 Å². The van der Waals surface area contributed by atoms with Crippen LogP contribution in [0.1, 0.15) is 28.1 Å². The zero-order chi connectivity index (χ0) is 15.9. The molecule has 1 heterocycles. The average Bonchev–Trinajstić information content (AvgIpc) is 2.90. The summed E-state index contributed by atoms with van der Waals surface area (Å²) in [5, 5.41) is 0. The molecule has 4 nitrogen and oxygen atoms in total. The van der Waals surface area contributed by atoms with Gasteiger partial charge in [-0.15, -0.1) is 0 Å². The Morgan fingerprint density at radius 2 is 1.95 bits per heavy atom. The van der Waals surface area contributed by atoms with Crippen LogP contribution in [-0.4, -0.2) is 19.0 Å². The van der Waals surface area contributed by atoms with Crippen molar-refractivity contribution < 1.29 is 4.21 Å². The van der Waals surface area contributed by atoms with Gasteiger partial charge in [-0.25, -0.2) is 9.19 Å². The van der Waals surface area contributed by atoms with Crippen molar-refractivity contribution in [1.82, 2.24) is 9.97 Å². The van der Waals surface area contributed by atoms with Crippen LogP contribution in [0.5, 0.6) is 0 Å². The average molecular weight is 311 g/mol. The normalized spacial score (nSPS) is 10.9. The fourth-order valence-electron chi connectivity index (χ4n) is 2.47. The van der Waals surface area contributed by atoms with E-state index < -0.39 is 0 Å². The first kappa shape index (κ1) is 14.5. The predicted octanol–water partition coefficient (Wildman–Crippen LogP) is 2.85. The Morgan fingerprint density at radius 3 is 2.68 bits per heavy atom. The summed E-state index contributed by atoms with van der Waals surface area (Å²) in [7, 11) is 0. The summed E-state index contributed by atoms with van der Waals surface area (Å²) in [6.07, 6.45) is 0. The molecule has 1 aromatic heterocycles. The summed E-state index contributed by atoms with van der Waals surface area (Å²) in [4.78, 5) is 8.28. The summed E-state index contributed by atoms with van der Waals surface area (Å²) in [6.45, 7) is 5.98. The Balaban J connectivity index is 2.19. The van der Waals surface area contributed by atoms with E-state index in [1.807, 2.05) is 51.1 Å². The third-order valence-corrected chi connectivity index (χ3v) is 4.55. The summed E-state index contributed by atoms with van der Waals surface area (Å²) >= 11 is 0.417. The molecule has 0 bridgehead atoms. The first-order valence-electron chi connectivity index (χ1n) is 7.01. The summed E-state index contributed by atoms with van der Waals surface area (Å²) in [5.41, 5.74) is 12.6. The fourth-order valence-corrected chi connectivity index (χ4v) is 2.91. The molecule has 0 aliphatic carbocycles. The highest BCUT2D eigenvalue weighted by atomic mass is 32.1. The Morgan fingerprint density at radius 1 is 1.18 bits per heavy atom. The molecule has 0 radical (unpaired) electrons. The van der Waals surface area contributed by atoms with Gasteiger partial charge in [-0.3, -0.25) is 0 Å². The number of aryl methyl sites for hydroxylation is 2. The molecule has 0 saturated heterocycles. The Hall–Kier alpha value is -2.40. The van der Waals surface area contributed by atoms with Crippen molar-refractivity contribution in [3.8, 4) is 0 Å².